The first-order valence-corrected chi connectivity index (χ1v) is 10.1. The second kappa shape index (κ2) is 8.03. The molecule has 0 fully saturated rings. The quantitative estimate of drug-likeness (QED) is 0.552. The van der Waals surface area contributed by atoms with Gasteiger partial charge in [-0.2, -0.15) is 0 Å². The van der Waals surface area contributed by atoms with Crippen LogP contribution in [0.1, 0.15) is 24.9 Å². The number of hydrogen-bond acceptors (Lipinski definition) is 6. The van der Waals surface area contributed by atoms with E-state index >= 15 is 0 Å². The fourth-order valence-electron chi connectivity index (χ4n) is 4.25. The maximum absolute atomic E-state index is 13.6. The number of Topliss-reactive ketones (excluding diaryl/α,β-unsaturated/α-hetero) is 1. The van der Waals surface area contributed by atoms with Crippen molar-refractivity contribution >= 4 is 34.7 Å². The van der Waals surface area contributed by atoms with E-state index < -0.39 is 17.9 Å². The Morgan fingerprint density at radius 1 is 1.13 bits per heavy atom. The molecule has 0 aromatic heterocycles. The molecule has 2 aromatic carbocycles. The number of hydrogen-bond donors (Lipinski definition) is 2. The highest BCUT2D eigenvalue weighted by molar-refractivity contribution is 6.32. The van der Waals surface area contributed by atoms with Crippen molar-refractivity contribution in [2.24, 2.45) is 11.8 Å². The molecule has 7 heteroatoms. The molecule has 2 aliphatic rings. The van der Waals surface area contributed by atoms with Crippen LogP contribution >= 0.6 is 11.6 Å². The van der Waals surface area contributed by atoms with Gasteiger partial charge in [0.1, 0.15) is 11.7 Å². The Bertz CT molecular complexity index is 1050. The van der Waals surface area contributed by atoms with E-state index in [-0.39, 0.29) is 11.7 Å². The third kappa shape index (κ3) is 3.41. The summed E-state index contributed by atoms with van der Waals surface area (Å²) >= 11 is 6.38. The van der Waals surface area contributed by atoms with Gasteiger partial charge < -0.3 is 20.1 Å². The maximum atomic E-state index is 13.6. The molecule has 1 aliphatic heterocycles. The number of carbonyl (C=O) groups excluding carboxylic acids is 2. The monoisotopic (exact) mass is 426 g/mol. The third-order valence-corrected chi connectivity index (χ3v) is 6.03. The number of benzene rings is 2. The van der Waals surface area contributed by atoms with Crippen LogP contribution in [-0.2, 0) is 14.3 Å². The van der Waals surface area contributed by atoms with Gasteiger partial charge in [0.25, 0.3) is 0 Å². The minimum atomic E-state index is -0.838. The van der Waals surface area contributed by atoms with E-state index in [9.17, 15) is 9.59 Å². The summed E-state index contributed by atoms with van der Waals surface area (Å²) in [5.41, 5.74) is 3.88. The number of ether oxygens (including phenoxy) is 2. The number of nitrogens with one attached hydrogen (secondary N) is 2. The molecule has 0 saturated heterocycles. The average Bonchev–Trinajstić information content (AvgIpc) is 2.90. The van der Waals surface area contributed by atoms with E-state index in [0.29, 0.717) is 22.8 Å². The molecule has 156 valence electrons. The molecule has 0 amide bonds. The highest BCUT2D eigenvalue weighted by Gasteiger charge is 2.44. The summed E-state index contributed by atoms with van der Waals surface area (Å²) in [6.07, 6.45) is 0.553. The summed E-state index contributed by atoms with van der Waals surface area (Å²) in [6.45, 7) is 1.90. The standard InChI is InChI=1S/C23H23ClN2O4/c1-12-10-17-20(22(27)19(12)23(28)30-3)21(13-8-9-18(29-2)14(24)11-13)26-16-7-5-4-6-15(16)25-17/h4-9,11-12,19,21,25-26H,10H2,1-3H3. The Labute approximate surface area is 180 Å². The van der Waals surface area contributed by atoms with Crippen LogP contribution < -0.4 is 15.4 Å². The van der Waals surface area contributed by atoms with Crippen LogP contribution in [0.15, 0.2) is 53.7 Å². The van der Waals surface area contributed by atoms with Crippen molar-refractivity contribution in [1.82, 2.24) is 0 Å². The number of ketones is 1. The number of esters is 1. The van der Waals surface area contributed by atoms with Crippen LogP contribution in [0.25, 0.3) is 0 Å². The molecule has 3 unspecified atom stereocenters. The van der Waals surface area contributed by atoms with E-state index in [4.69, 9.17) is 21.1 Å². The lowest BCUT2D eigenvalue weighted by Gasteiger charge is -2.32. The number of carbonyl (C=O) groups is 2. The topological polar surface area (TPSA) is 76.7 Å². The Kier molecular flexibility index (Phi) is 5.43. The molecular weight excluding hydrogens is 404 g/mol. The van der Waals surface area contributed by atoms with Crippen molar-refractivity contribution in [3.63, 3.8) is 0 Å². The number of halogens is 1. The number of anilines is 2. The predicted molar refractivity (Wildman–Crippen MR) is 116 cm³/mol. The smallest absolute Gasteiger partial charge is 0.316 e. The van der Waals surface area contributed by atoms with Crippen molar-refractivity contribution in [2.45, 2.75) is 19.4 Å². The first-order valence-electron chi connectivity index (χ1n) is 9.75. The zero-order valence-electron chi connectivity index (χ0n) is 17.0. The fraction of sp³-hybridized carbons (Fsp3) is 0.304. The zero-order chi connectivity index (χ0) is 21.4. The summed E-state index contributed by atoms with van der Waals surface area (Å²) in [6, 6.07) is 12.7. The van der Waals surface area contributed by atoms with E-state index in [2.05, 4.69) is 10.6 Å². The van der Waals surface area contributed by atoms with Gasteiger partial charge in [-0.15, -0.1) is 0 Å². The minimum Gasteiger partial charge on any atom is -0.495 e. The summed E-state index contributed by atoms with van der Waals surface area (Å²) in [5.74, 6) is -1.21. The number of rotatable bonds is 3. The van der Waals surface area contributed by atoms with Gasteiger partial charge >= 0.3 is 5.97 Å². The minimum absolute atomic E-state index is 0.179. The summed E-state index contributed by atoms with van der Waals surface area (Å²) in [7, 11) is 2.87. The largest absolute Gasteiger partial charge is 0.495 e. The molecule has 30 heavy (non-hydrogen) atoms. The lowest BCUT2D eigenvalue weighted by Crippen LogP contribution is -2.39. The van der Waals surface area contributed by atoms with Gasteiger partial charge in [-0.1, -0.05) is 36.7 Å². The van der Waals surface area contributed by atoms with Crippen LogP contribution in [-0.4, -0.2) is 26.0 Å². The van der Waals surface area contributed by atoms with Gasteiger partial charge in [-0.05, 0) is 42.2 Å². The Hall–Kier alpha value is -2.99. The number of para-hydroxylation sites is 2. The van der Waals surface area contributed by atoms with Gasteiger partial charge in [0.05, 0.1) is 36.7 Å². The third-order valence-electron chi connectivity index (χ3n) is 5.73. The average molecular weight is 427 g/mol. The molecule has 0 radical (unpaired) electrons. The van der Waals surface area contributed by atoms with Gasteiger partial charge in [0.15, 0.2) is 5.78 Å². The molecule has 2 aromatic rings. The van der Waals surface area contributed by atoms with Crippen molar-refractivity contribution in [3.8, 4) is 5.75 Å². The highest BCUT2D eigenvalue weighted by atomic mass is 35.5. The molecule has 1 heterocycles. The molecular formula is C23H23ClN2O4. The molecule has 0 saturated carbocycles. The van der Waals surface area contributed by atoms with Crippen LogP contribution in [0.5, 0.6) is 5.75 Å². The normalized spacial score (nSPS) is 22.8. The first kappa shape index (κ1) is 20.3. The highest BCUT2D eigenvalue weighted by Crippen LogP contribution is 2.44. The van der Waals surface area contributed by atoms with Crippen LogP contribution in [0, 0.1) is 11.8 Å². The van der Waals surface area contributed by atoms with Gasteiger partial charge in [-0.25, -0.2) is 0 Å². The van der Waals surface area contributed by atoms with Crippen molar-refractivity contribution in [1.29, 1.82) is 0 Å². The first-order chi connectivity index (χ1) is 14.4. The Morgan fingerprint density at radius 2 is 1.87 bits per heavy atom. The van der Waals surface area contributed by atoms with Crippen LogP contribution in [0.2, 0.25) is 5.02 Å². The van der Waals surface area contributed by atoms with Gasteiger partial charge in [0, 0.05) is 11.3 Å². The summed E-state index contributed by atoms with van der Waals surface area (Å²) in [4.78, 5) is 26.0. The van der Waals surface area contributed by atoms with E-state index in [1.165, 1.54) is 7.11 Å². The molecule has 2 N–H and O–H groups in total. The lowest BCUT2D eigenvalue weighted by molar-refractivity contribution is -0.151. The maximum Gasteiger partial charge on any atom is 0.316 e. The molecule has 1 aliphatic carbocycles. The fourth-order valence-corrected chi connectivity index (χ4v) is 4.51. The lowest BCUT2D eigenvalue weighted by atomic mass is 9.75. The molecule has 0 bridgehead atoms. The van der Waals surface area contributed by atoms with Crippen LogP contribution in [0.4, 0.5) is 11.4 Å². The Balaban J connectivity index is 1.87. The second-order valence-corrected chi connectivity index (χ2v) is 7.99. The molecule has 4 rings (SSSR count). The van der Waals surface area contributed by atoms with Crippen LogP contribution in [0.3, 0.4) is 0 Å². The van der Waals surface area contributed by atoms with E-state index in [1.54, 1.807) is 19.2 Å². The van der Waals surface area contributed by atoms with E-state index in [1.807, 2.05) is 37.3 Å². The number of fused-ring (bicyclic) bond motifs is 1. The molecule has 3 atom stereocenters. The molecule has 6 nitrogen and oxygen atoms in total. The SMILES string of the molecule is COC(=O)C1C(=O)C2=C(CC1C)Nc1ccccc1NC2c1ccc(OC)c(Cl)c1. The number of methoxy groups -OCH3 is 2. The predicted octanol–water partition coefficient (Wildman–Crippen LogP) is 4.58. The van der Waals surface area contributed by atoms with Gasteiger partial charge in [0.2, 0.25) is 0 Å². The van der Waals surface area contributed by atoms with Crippen molar-refractivity contribution in [2.75, 3.05) is 24.9 Å². The van der Waals surface area contributed by atoms with Gasteiger partial charge in [-0.3, -0.25) is 9.59 Å². The number of allylic oxidation sites excluding steroid dienone is 1. The second-order valence-electron chi connectivity index (χ2n) is 7.58. The van der Waals surface area contributed by atoms with Crippen molar-refractivity contribution < 1.29 is 19.1 Å². The van der Waals surface area contributed by atoms with Crippen molar-refractivity contribution in [3.05, 3.63) is 64.3 Å². The Morgan fingerprint density at radius 3 is 2.53 bits per heavy atom. The molecule has 0 spiro atoms. The van der Waals surface area contributed by atoms with E-state index in [0.717, 1.165) is 22.6 Å². The summed E-state index contributed by atoms with van der Waals surface area (Å²) in [5, 5.41) is 7.34. The summed E-state index contributed by atoms with van der Waals surface area (Å²) < 4.78 is 10.2. The zero-order valence-corrected chi connectivity index (χ0v) is 17.7.